The third-order valence-corrected chi connectivity index (χ3v) is 6.24. The zero-order chi connectivity index (χ0) is 20.1. The number of carboxylic acid groups (broad SMARTS) is 1. The number of fused-ring (bicyclic) bond motifs is 1. The molecule has 0 spiro atoms. The van der Waals surface area contributed by atoms with Gasteiger partial charge in [0.1, 0.15) is 0 Å². The summed E-state index contributed by atoms with van der Waals surface area (Å²) in [6, 6.07) is 7.08. The van der Waals surface area contributed by atoms with Gasteiger partial charge in [0.15, 0.2) is 0 Å². The number of aromatic carboxylic acids is 1. The maximum atomic E-state index is 11.0. The largest absolute Gasteiger partial charge is 0.478 e. The molecule has 0 aromatic heterocycles. The Bertz CT molecular complexity index is 719. The van der Waals surface area contributed by atoms with Gasteiger partial charge < -0.3 is 15.3 Å². The standard InChI is InChI=1S/C24H32O4/c1-2-3-4-5-20(25)10-11-21-22-14-17(13-19(22)15-23(21)26)12-16-6-8-18(9-7-16)24(27)28/h6-11,13,19-23,25-26H,2-5,12,14-15H2,1H3,(H,27,28)/b11-10+/t19-,20-,21-,22-,23+/m0/s1. The van der Waals surface area contributed by atoms with E-state index in [1.165, 1.54) is 5.57 Å². The molecule has 2 aliphatic carbocycles. The summed E-state index contributed by atoms with van der Waals surface area (Å²) >= 11 is 0. The molecule has 1 aromatic carbocycles. The van der Waals surface area contributed by atoms with E-state index in [1.54, 1.807) is 12.1 Å². The Labute approximate surface area is 167 Å². The number of aliphatic hydroxyl groups excluding tert-OH is 2. The molecule has 0 aliphatic heterocycles. The lowest BCUT2D eigenvalue weighted by molar-refractivity contribution is 0.0697. The van der Waals surface area contributed by atoms with Gasteiger partial charge in [-0.1, -0.05) is 62.1 Å². The zero-order valence-corrected chi connectivity index (χ0v) is 16.6. The van der Waals surface area contributed by atoms with Gasteiger partial charge in [-0.2, -0.15) is 0 Å². The highest BCUT2D eigenvalue weighted by Crippen LogP contribution is 2.47. The van der Waals surface area contributed by atoms with E-state index >= 15 is 0 Å². The number of carboxylic acids is 1. The summed E-state index contributed by atoms with van der Waals surface area (Å²) in [5, 5.41) is 29.6. The van der Waals surface area contributed by atoms with Gasteiger partial charge in [0.2, 0.25) is 0 Å². The molecular weight excluding hydrogens is 352 g/mol. The number of benzene rings is 1. The third kappa shape index (κ3) is 5.12. The lowest BCUT2D eigenvalue weighted by atomic mass is 9.88. The van der Waals surface area contributed by atoms with Crippen molar-refractivity contribution in [1.82, 2.24) is 0 Å². The minimum Gasteiger partial charge on any atom is -0.478 e. The van der Waals surface area contributed by atoms with Crippen LogP contribution in [0.4, 0.5) is 0 Å². The van der Waals surface area contributed by atoms with Crippen LogP contribution in [0.1, 0.15) is 61.4 Å². The molecular formula is C24H32O4. The van der Waals surface area contributed by atoms with Crippen LogP contribution >= 0.6 is 0 Å². The number of carbonyl (C=O) groups is 1. The van der Waals surface area contributed by atoms with Crippen molar-refractivity contribution in [2.75, 3.05) is 0 Å². The summed E-state index contributed by atoms with van der Waals surface area (Å²) in [5.74, 6) is 0.00758. The van der Waals surface area contributed by atoms with E-state index in [4.69, 9.17) is 5.11 Å². The molecule has 0 saturated heterocycles. The van der Waals surface area contributed by atoms with Gasteiger partial charge in [-0.05, 0) is 55.2 Å². The maximum absolute atomic E-state index is 11.0. The Kier molecular flexibility index (Phi) is 7.08. The van der Waals surface area contributed by atoms with E-state index < -0.39 is 12.1 Å². The summed E-state index contributed by atoms with van der Waals surface area (Å²) in [7, 11) is 0. The van der Waals surface area contributed by atoms with Crippen molar-refractivity contribution >= 4 is 5.97 Å². The highest BCUT2D eigenvalue weighted by molar-refractivity contribution is 5.87. The minimum atomic E-state index is -0.901. The zero-order valence-electron chi connectivity index (χ0n) is 16.6. The van der Waals surface area contributed by atoms with Gasteiger partial charge in [-0.15, -0.1) is 0 Å². The fraction of sp³-hybridized carbons (Fsp3) is 0.542. The molecule has 4 heteroatoms. The smallest absolute Gasteiger partial charge is 0.335 e. The maximum Gasteiger partial charge on any atom is 0.335 e. The van der Waals surface area contributed by atoms with Crippen molar-refractivity contribution in [3.63, 3.8) is 0 Å². The van der Waals surface area contributed by atoms with E-state index in [9.17, 15) is 15.0 Å². The number of rotatable bonds is 9. The molecule has 2 aliphatic rings. The van der Waals surface area contributed by atoms with Crippen LogP contribution in [0.15, 0.2) is 48.1 Å². The molecule has 0 radical (unpaired) electrons. The van der Waals surface area contributed by atoms with E-state index in [0.717, 1.165) is 50.5 Å². The molecule has 0 bridgehead atoms. The molecule has 0 amide bonds. The quantitative estimate of drug-likeness (QED) is 0.436. The Morgan fingerprint density at radius 2 is 2.00 bits per heavy atom. The Hall–Kier alpha value is -1.91. The minimum absolute atomic E-state index is 0.106. The second-order valence-electron chi connectivity index (χ2n) is 8.36. The molecule has 1 saturated carbocycles. The van der Waals surface area contributed by atoms with Crippen LogP contribution in [0.25, 0.3) is 0 Å². The fourth-order valence-corrected chi connectivity index (χ4v) is 4.72. The van der Waals surface area contributed by atoms with Gasteiger partial charge >= 0.3 is 5.97 Å². The average molecular weight is 385 g/mol. The molecule has 5 atom stereocenters. The molecule has 28 heavy (non-hydrogen) atoms. The van der Waals surface area contributed by atoms with Crippen LogP contribution < -0.4 is 0 Å². The Morgan fingerprint density at radius 3 is 2.68 bits per heavy atom. The van der Waals surface area contributed by atoms with Gasteiger partial charge in [-0.25, -0.2) is 4.79 Å². The average Bonchev–Trinajstić information content (AvgIpc) is 3.17. The number of unbranched alkanes of at least 4 members (excludes halogenated alkanes) is 2. The first-order valence-electron chi connectivity index (χ1n) is 10.5. The molecule has 3 rings (SSSR count). The third-order valence-electron chi connectivity index (χ3n) is 6.24. The fourth-order valence-electron chi connectivity index (χ4n) is 4.72. The molecule has 0 heterocycles. The molecule has 4 nitrogen and oxygen atoms in total. The number of hydrogen-bond donors (Lipinski definition) is 3. The monoisotopic (exact) mass is 384 g/mol. The first-order chi connectivity index (χ1) is 13.5. The van der Waals surface area contributed by atoms with Gasteiger partial charge in [-0.3, -0.25) is 0 Å². The molecule has 1 aromatic rings. The Balaban J connectivity index is 1.56. The van der Waals surface area contributed by atoms with Gasteiger partial charge in [0.25, 0.3) is 0 Å². The van der Waals surface area contributed by atoms with Crippen molar-refractivity contribution in [2.24, 2.45) is 17.8 Å². The number of aliphatic hydroxyl groups is 2. The van der Waals surface area contributed by atoms with Crippen molar-refractivity contribution in [3.8, 4) is 0 Å². The number of hydrogen-bond acceptors (Lipinski definition) is 3. The van der Waals surface area contributed by atoms with Crippen molar-refractivity contribution < 1.29 is 20.1 Å². The predicted molar refractivity (Wildman–Crippen MR) is 110 cm³/mol. The number of allylic oxidation sites excluding steroid dienone is 2. The topological polar surface area (TPSA) is 77.8 Å². The molecule has 0 unspecified atom stereocenters. The van der Waals surface area contributed by atoms with Crippen LogP contribution in [0.3, 0.4) is 0 Å². The van der Waals surface area contributed by atoms with Crippen LogP contribution in [0, 0.1) is 17.8 Å². The lowest BCUT2D eigenvalue weighted by Gasteiger charge is -2.19. The van der Waals surface area contributed by atoms with E-state index in [1.807, 2.05) is 24.3 Å². The first-order valence-corrected chi connectivity index (χ1v) is 10.5. The van der Waals surface area contributed by atoms with Crippen LogP contribution in [-0.2, 0) is 6.42 Å². The summed E-state index contributed by atoms with van der Waals surface area (Å²) in [5.41, 5.74) is 2.80. The van der Waals surface area contributed by atoms with Crippen molar-refractivity contribution in [2.45, 2.75) is 64.1 Å². The van der Waals surface area contributed by atoms with Gasteiger partial charge in [0.05, 0.1) is 17.8 Å². The highest BCUT2D eigenvalue weighted by Gasteiger charge is 2.43. The second kappa shape index (κ2) is 9.53. The lowest BCUT2D eigenvalue weighted by Crippen LogP contribution is -2.18. The molecule has 3 N–H and O–H groups in total. The normalized spacial score (nSPS) is 27.8. The SMILES string of the molecule is CCCCC[C@H](O)/C=C/[C@H]1[C@H]2CC(Cc3ccc(C(=O)O)cc3)=C[C@H]2C[C@H]1O. The summed E-state index contributed by atoms with van der Waals surface area (Å²) in [6.07, 6.45) is 12.2. The Morgan fingerprint density at radius 1 is 1.25 bits per heavy atom. The second-order valence-corrected chi connectivity index (χ2v) is 8.36. The van der Waals surface area contributed by atoms with E-state index in [-0.39, 0.29) is 12.0 Å². The summed E-state index contributed by atoms with van der Waals surface area (Å²) < 4.78 is 0. The van der Waals surface area contributed by atoms with Crippen molar-refractivity contribution in [1.29, 1.82) is 0 Å². The molecule has 152 valence electrons. The van der Waals surface area contributed by atoms with E-state index in [2.05, 4.69) is 13.0 Å². The van der Waals surface area contributed by atoms with E-state index in [0.29, 0.717) is 17.4 Å². The van der Waals surface area contributed by atoms with Gasteiger partial charge in [0, 0.05) is 5.92 Å². The molecule has 1 fully saturated rings. The summed E-state index contributed by atoms with van der Waals surface area (Å²) in [4.78, 5) is 11.0. The van der Waals surface area contributed by atoms with Crippen LogP contribution in [0.2, 0.25) is 0 Å². The van der Waals surface area contributed by atoms with Crippen LogP contribution in [0.5, 0.6) is 0 Å². The van der Waals surface area contributed by atoms with Crippen molar-refractivity contribution in [3.05, 3.63) is 59.2 Å². The summed E-state index contributed by atoms with van der Waals surface area (Å²) in [6.45, 7) is 2.16. The highest BCUT2D eigenvalue weighted by atomic mass is 16.4. The van der Waals surface area contributed by atoms with Crippen LogP contribution in [-0.4, -0.2) is 33.5 Å². The predicted octanol–water partition coefficient (Wildman–Crippen LogP) is 4.37. The first kappa shape index (κ1) is 20.8.